The molecule has 2 N–H and O–H groups in total. The van der Waals surface area contributed by atoms with E-state index < -0.39 is 0 Å². The summed E-state index contributed by atoms with van der Waals surface area (Å²) in [5.41, 5.74) is 0.199. The number of aliphatic hydroxyl groups excluding tert-OH is 1. The Kier molecular flexibility index (Phi) is 2.20. The van der Waals surface area contributed by atoms with E-state index in [2.05, 4.69) is 20.2 Å². The average Bonchev–Trinajstić information content (AvgIpc) is 3.07. The summed E-state index contributed by atoms with van der Waals surface area (Å²) >= 11 is 0. The van der Waals surface area contributed by atoms with E-state index in [0.29, 0.717) is 17.5 Å². The number of aromatic amines is 1. The number of hydrogen-bond acceptors (Lipinski definition) is 5. The molecule has 3 unspecified atom stereocenters. The van der Waals surface area contributed by atoms with Crippen molar-refractivity contribution in [3.05, 3.63) is 22.6 Å². The number of aromatic nitrogens is 4. The number of hydrogen-bond donors (Lipinski definition) is 2. The maximum atomic E-state index is 11.5. The normalized spacial score (nSPS) is 30.2. The SMILES string of the molecule is O=c1[nH]nc2ccc(N3CC4CCC(O)C4C3)nn12. The Labute approximate surface area is 108 Å². The lowest BCUT2D eigenvalue weighted by molar-refractivity contribution is 0.133. The molecule has 2 fully saturated rings. The molecular formula is C12H15N5O2. The van der Waals surface area contributed by atoms with Crippen molar-refractivity contribution in [1.82, 2.24) is 19.8 Å². The molecule has 0 bridgehead atoms. The van der Waals surface area contributed by atoms with Crippen LogP contribution in [0.15, 0.2) is 16.9 Å². The van der Waals surface area contributed by atoms with Gasteiger partial charge in [0.1, 0.15) is 5.82 Å². The number of fused-ring (bicyclic) bond motifs is 2. The lowest BCUT2D eigenvalue weighted by atomic mass is 10.00. The van der Waals surface area contributed by atoms with Gasteiger partial charge in [0, 0.05) is 19.0 Å². The Morgan fingerprint density at radius 1 is 1.32 bits per heavy atom. The first kappa shape index (κ1) is 11.0. The van der Waals surface area contributed by atoms with E-state index in [1.54, 1.807) is 6.07 Å². The van der Waals surface area contributed by atoms with Gasteiger partial charge in [0.2, 0.25) is 0 Å². The van der Waals surface area contributed by atoms with E-state index in [0.717, 1.165) is 31.7 Å². The molecule has 3 heterocycles. The zero-order valence-corrected chi connectivity index (χ0v) is 10.4. The third-order valence-corrected chi connectivity index (χ3v) is 4.40. The van der Waals surface area contributed by atoms with Gasteiger partial charge in [-0.25, -0.2) is 9.89 Å². The fourth-order valence-corrected chi connectivity index (χ4v) is 3.39. The maximum absolute atomic E-state index is 11.5. The van der Waals surface area contributed by atoms with Crippen molar-refractivity contribution >= 4 is 11.5 Å². The smallest absolute Gasteiger partial charge is 0.364 e. The fraction of sp³-hybridized carbons (Fsp3) is 0.583. The molecule has 2 aromatic heterocycles. The largest absolute Gasteiger partial charge is 0.393 e. The molecule has 100 valence electrons. The summed E-state index contributed by atoms with van der Waals surface area (Å²) in [5.74, 6) is 1.67. The van der Waals surface area contributed by atoms with E-state index in [4.69, 9.17) is 0 Å². The van der Waals surface area contributed by atoms with Crippen molar-refractivity contribution in [1.29, 1.82) is 0 Å². The van der Waals surface area contributed by atoms with Crippen LogP contribution in [0, 0.1) is 11.8 Å². The third-order valence-electron chi connectivity index (χ3n) is 4.40. The van der Waals surface area contributed by atoms with E-state index in [-0.39, 0.29) is 11.8 Å². The molecule has 2 aliphatic rings. The van der Waals surface area contributed by atoms with Crippen molar-refractivity contribution in [2.75, 3.05) is 18.0 Å². The second-order valence-corrected chi connectivity index (χ2v) is 5.46. The Balaban J connectivity index is 1.68. The molecule has 2 aromatic rings. The maximum Gasteiger partial charge on any atom is 0.364 e. The van der Waals surface area contributed by atoms with Crippen LogP contribution >= 0.6 is 0 Å². The molecule has 0 radical (unpaired) electrons. The highest BCUT2D eigenvalue weighted by molar-refractivity contribution is 5.46. The minimum absolute atomic E-state index is 0.185. The van der Waals surface area contributed by atoms with Gasteiger partial charge >= 0.3 is 5.69 Å². The fourth-order valence-electron chi connectivity index (χ4n) is 3.39. The van der Waals surface area contributed by atoms with Crippen LogP contribution in [-0.4, -0.2) is 44.1 Å². The number of nitrogens with one attached hydrogen (secondary N) is 1. The van der Waals surface area contributed by atoms with Gasteiger partial charge < -0.3 is 10.0 Å². The summed E-state index contributed by atoms with van der Waals surface area (Å²) in [7, 11) is 0. The number of nitrogens with zero attached hydrogens (tertiary/aromatic N) is 4. The van der Waals surface area contributed by atoms with Crippen LogP contribution in [0.25, 0.3) is 5.65 Å². The van der Waals surface area contributed by atoms with E-state index in [9.17, 15) is 9.90 Å². The molecule has 7 heteroatoms. The first-order valence-electron chi connectivity index (χ1n) is 6.60. The highest BCUT2D eigenvalue weighted by Crippen LogP contribution is 2.39. The van der Waals surface area contributed by atoms with Crippen LogP contribution in [0.5, 0.6) is 0 Å². The van der Waals surface area contributed by atoms with Gasteiger partial charge in [-0.3, -0.25) is 0 Å². The van der Waals surface area contributed by atoms with Crippen LogP contribution in [0.1, 0.15) is 12.8 Å². The van der Waals surface area contributed by atoms with Gasteiger partial charge in [0.15, 0.2) is 5.65 Å². The molecular weight excluding hydrogens is 246 g/mol. The first-order valence-corrected chi connectivity index (χ1v) is 6.60. The second-order valence-electron chi connectivity index (χ2n) is 5.46. The minimum Gasteiger partial charge on any atom is -0.393 e. The molecule has 7 nitrogen and oxygen atoms in total. The summed E-state index contributed by atoms with van der Waals surface area (Å²) in [6.45, 7) is 1.73. The summed E-state index contributed by atoms with van der Waals surface area (Å²) in [6, 6.07) is 3.66. The molecule has 1 saturated heterocycles. The van der Waals surface area contributed by atoms with Crippen LogP contribution in [0.3, 0.4) is 0 Å². The van der Waals surface area contributed by atoms with Gasteiger partial charge in [0.05, 0.1) is 6.10 Å². The molecule has 1 aliphatic heterocycles. The zero-order valence-electron chi connectivity index (χ0n) is 10.4. The molecule has 4 rings (SSSR count). The summed E-state index contributed by atoms with van der Waals surface area (Å²) < 4.78 is 1.28. The second kappa shape index (κ2) is 3.80. The van der Waals surface area contributed by atoms with E-state index >= 15 is 0 Å². The Morgan fingerprint density at radius 3 is 3.05 bits per heavy atom. The zero-order chi connectivity index (χ0) is 13.0. The highest BCUT2D eigenvalue weighted by atomic mass is 16.3. The highest BCUT2D eigenvalue weighted by Gasteiger charge is 2.42. The monoisotopic (exact) mass is 261 g/mol. The molecule has 1 aliphatic carbocycles. The summed E-state index contributed by atoms with van der Waals surface area (Å²) in [6.07, 6.45) is 1.81. The van der Waals surface area contributed by atoms with Crippen molar-refractivity contribution in [2.24, 2.45) is 11.8 Å². The Bertz CT molecular complexity index is 678. The van der Waals surface area contributed by atoms with Crippen LogP contribution in [0.4, 0.5) is 5.82 Å². The molecule has 0 aromatic carbocycles. The number of aliphatic hydroxyl groups is 1. The van der Waals surface area contributed by atoms with Gasteiger partial charge in [0.25, 0.3) is 0 Å². The van der Waals surface area contributed by atoms with Crippen LogP contribution < -0.4 is 10.6 Å². The molecule has 0 amide bonds. The van der Waals surface area contributed by atoms with Crippen molar-refractivity contribution in [3.63, 3.8) is 0 Å². The minimum atomic E-state index is -0.323. The first-order chi connectivity index (χ1) is 9.22. The Morgan fingerprint density at radius 2 is 2.21 bits per heavy atom. The van der Waals surface area contributed by atoms with Gasteiger partial charge in [-0.05, 0) is 30.9 Å². The van der Waals surface area contributed by atoms with Crippen LogP contribution in [-0.2, 0) is 0 Å². The van der Waals surface area contributed by atoms with Gasteiger partial charge in [-0.15, -0.1) is 5.10 Å². The predicted molar refractivity (Wildman–Crippen MR) is 68.0 cm³/mol. The van der Waals surface area contributed by atoms with Crippen LogP contribution in [0.2, 0.25) is 0 Å². The van der Waals surface area contributed by atoms with Gasteiger partial charge in [-0.1, -0.05) is 0 Å². The summed E-state index contributed by atoms with van der Waals surface area (Å²) in [5, 5.41) is 20.5. The molecule has 1 saturated carbocycles. The number of H-pyrrole nitrogens is 1. The molecule has 3 atom stereocenters. The van der Waals surface area contributed by atoms with Gasteiger partial charge in [-0.2, -0.15) is 9.61 Å². The Hall–Kier alpha value is -1.89. The van der Waals surface area contributed by atoms with E-state index in [1.807, 2.05) is 6.07 Å². The lowest BCUT2D eigenvalue weighted by Gasteiger charge is -2.18. The topological polar surface area (TPSA) is 86.5 Å². The predicted octanol–water partition coefficient (Wildman–Crippen LogP) is -0.375. The standard InChI is InChI=1S/C12H15N5O2/c18-9-2-1-7-5-16(6-8(7)9)11-4-3-10-13-14-12(19)17(10)15-11/h3-4,7-9,18H,1-2,5-6H2,(H,14,19). The summed E-state index contributed by atoms with van der Waals surface area (Å²) in [4.78, 5) is 13.7. The third kappa shape index (κ3) is 1.58. The van der Waals surface area contributed by atoms with Crippen molar-refractivity contribution < 1.29 is 5.11 Å². The molecule has 19 heavy (non-hydrogen) atoms. The number of rotatable bonds is 1. The average molecular weight is 261 g/mol. The van der Waals surface area contributed by atoms with Crippen molar-refractivity contribution in [3.8, 4) is 0 Å². The van der Waals surface area contributed by atoms with E-state index in [1.165, 1.54) is 4.52 Å². The lowest BCUT2D eigenvalue weighted by Crippen LogP contribution is -2.26. The number of anilines is 1. The quantitative estimate of drug-likeness (QED) is 0.731. The van der Waals surface area contributed by atoms with Crippen molar-refractivity contribution in [2.45, 2.75) is 18.9 Å². The molecule has 0 spiro atoms.